The summed E-state index contributed by atoms with van der Waals surface area (Å²) in [6.07, 6.45) is -1.92. The highest BCUT2D eigenvalue weighted by Gasteiger charge is 2.29. The van der Waals surface area contributed by atoms with Gasteiger partial charge in [-0.3, -0.25) is 0 Å². The Balaban J connectivity index is 2.75. The zero-order chi connectivity index (χ0) is 10.6. The number of esters is 1. The summed E-state index contributed by atoms with van der Waals surface area (Å²) in [6, 6.07) is 3.54. The van der Waals surface area contributed by atoms with Crippen molar-refractivity contribution in [1.82, 2.24) is 0 Å². The van der Waals surface area contributed by atoms with Crippen molar-refractivity contribution in [3.05, 3.63) is 22.4 Å². The summed E-state index contributed by atoms with van der Waals surface area (Å²) in [5.74, 6) is -0.576. The number of ether oxygens (including phenoxy) is 2. The van der Waals surface area contributed by atoms with Gasteiger partial charge >= 0.3 is 5.97 Å². The minimum Gasteiger partial charge on any atom is -0.467 e. The molecule has 14 heavy (non-hydrogen) atoms. The lowest BCUT2D eigenvalue weighted by Crippen LogP contribution is -2.30. The zero-order valence-electron chi connectivity index (χ0n) is 7.97. The van der Waals surface area contributed by atoms with Crippen LogP contribution in [-0.4, -0.2) is 31.4 Å². The van der Waals surface area contributed by atoms with Gasteiger partial charge in [0.2, 0.25) is 0 Å². The largest absolute Gasteiger partial charge is 0.467 e. The summed E-state index contributed by atoms with van der Waals surface area (Å²) in [7, 11) is 2.62. The molecule has 0 saturated heterocycles. The molecule has 1 N–H and O–H groups in total. The fourth-order valence-electron chi connectivity index (χ4n) is 1.08. The zero-order valence-corrected chi connectivity index (χ0v) is 8.78. The lowest BCUT2D eigenvalue weighted by atomic mass is 10.2. The van der Waals surface area contributed by atoms with Gasteiger partial charge in [0, 0.05) is 12.0 Å². The van der Waals surface area contributed by atoms with Gasteiger partial charge in [0.1, 0.15) is 6.10 Å². The van der Waals surface area contributed by atoms with E-state index in [1.165, 1.54) is 25.6 Å². The quantitative estimate of drug-likeness (QED) is 0.762. The number of carbonyl (C=O) groups is 1. The summed E-state index contributed by atoms with van der Waals surface area (Å²) in [5, 5.41) is 11.6. The van der Waals surface area contributed by atoms with Gasteiger partial charge in [-0.1, -0.05) is 6.07 Å². The maximum Gasteiger partial charge on any atom is 0.338 e. The summed E-state index contributed by atoms with van der Waals surface area (Å²) in [5.41, 5.74) is 0. The lowest BCUT2D eigenvalue weighted by molar-refractivity contribution is -0.159. The van der Waals surface area contributed by atoms with Crippen LogP contribution in [0.4, 0.5) is 0 Å². The van der Waals surface area contributed by atoms with Crippen molar-refractivity contribution >= 4 is 17.3 Å². The first-order chi connectivity index (χ1) is 6.70. The second-order valence-electron chi connectivity index (χ2n) is 2.64. The molecule has 0 spiro atoms. The van der Waals surface area contributed by atoms with E-state index < -0.39 is 18.2 Å². The van der Waals surface area contributed by atoms with E-state index in [2.05, 4.69) is 4.74 Å². The summed E-state index contributed by atoms with van der Waals surface area (Å²) in [4.78, 5) is 11.9. The molecule has 0 aliphatic heterocycles. The van der Waals surface area contributed by atoms with E-state index in [0.717, 1.165) is 0 Å². The van der Waals surface area contributed by atoms with Gasteiger partial charge in [-0.2, -0.15) is 0 Å². The average Bonchev–Trinajstić information content (AvgIpc) is 2.71. The second kappa shape index (κ2) is 5.09. The molecule has 4 nitrogen and oxygen atoms in total. The second-order valence-corrected chi connectivity index (χ2v) is 3.62. The normalized spacial score (nSPS) is 14.8. The highest BCUT2D eigenvalue weighted by Crippen LogP contribution is 2.23. The number of hydrogen-bond acceptors (Lipinski definition) is 5. The van der Waals surface area contributed by atoms with Crippen LogP contribution in [0.15, 0.2) is 17.5 Å². The number of carbonyl (C=O) groups excluding carboxylic acids is 1. The molecule has 5 heteroatoms. The Morgan fingerprint density at radius 2 is 2.29 bits per heavy atom. The Bertz CT molecular complexity index is 283. The Morgan fingerprint density at radius 1 is 1.57 bits per heavy atom. The third kappa shape index (κ3) is 2.31. The molecule has 0 aliphatic carbocycles. The van der Waals surface area contributed by atoms with Crippen molar-refractivity contribution in [2.24, 2.45) is 0 Å². The number of aliphatic hydroxyl groups excluding tert-OH is 1. The van der Waals surface area contributed by atoms with Crippen LogP contribution in [0.1, 0.15) is 11.0 Å². The van der Waals surface area contributed by atoms with E-state index in [0.29, 0.717) is 4.88 Å². The lowest BCUT2D eigenvalue weighted by Gasteiger charge is -2.17. The summed E-state index contributed by atoms with van der Waals surface area (Å²) in [6.45, 7) is 0. The molecule has 2 atom stereocenters. The van der Waals surface area contributed by atoms with Gasteiger partial charge < -0.3 is 14.6 Å². The molecule has 0 radical (unpaired) electrons. The Morgan fingerprint density at radius 3 is 2.71 bits per heavy atom. The molecule has 1 aromatic rings. The molecule has 0 amide bonds. The molecule has 1 rings (SSSR count). The fourth-order valence-corrected chi connectivity index (χ4v) is 1.81. The number of thiophene rings is 1. The van der Waals surface area contributed by atoms with E-state index in [1.807, 2.05) is 5.38 Å². The van der Waals surface area contributed by atoms with Crippen LogP contribution in [0.5, 0.6) is 0 Å². The Kier molecular flexibility index (Phi) is 4.06. The first kappa shape index (κ1) is 11.2. The van der Waals surface area contributed by atoms with Crippen LogP contribution in [0.3, 0.4) is 0 Å². The van der Waals surface area contributed by atoms with Gasteiger partial charge in [-0.05, 0) is 11.4 Å². The molecule has 0 saturated carbocycles. The van der Waals surface area contributed by atoms with Gasteiger partial charge in [0.15, 0.2) is 6.10 Å². The van der Waals surface area contributed by atoms with E-state index in [9.17, 15) is 9.90 Å². The molecule has 0 unspecified atom stereocenters. The van der Waals surface area contributed by atoms with Crippen molar-refractivity contribution in [3.63, 3.8) is 0 Å². The third-order valence-electron chi connectivity index (χ3n) is 1.81. The van der Waals surface area contributed by atoms with Gasteiger partial charge in [0.05, 0.1) is 7.11 Å². The van der Waals surface area contributed by atoms with Crippen LogP contribution in [0.25, 0.3) is 0 Å². The maximum atomic E-state index is 11.2. The fraction of sp³-hybridized carbons (Fsp3) is 0.444. The van der Waals surface area contributed by atoms with Crippen LogP contribution < -0.4 is 0 Å². The minimum absolute atomic E-state index is 0.576. The van der Waals surface area contributed by atoms with E-state index in [-0.39, 0.29) is 0 Å². The molecular weight excluding hydrogens is 204 g/mol. The van der Waals surface area contributed by atoms with Crippen molar-refractivity contribution in [3.8, 4) is 0 Å². The maximum absolute atomic E-state index is 11.2. The number of hydrogen-bond donors (Lipinski definition) is 1. The Labute approximate surface area is 86.1 Å². The first-order valence-electron chi connectivity index (χ1n) is 4.02. The highest BCUT2D eigenvalue weighted by atomic mass is 32.1. The van der Waals surface area contributed by atoms with Crippen molar-refractivity contribution < 1.29 is 19.4 Å². The van der Waals surface area contributed by atoms with Crippen LogP contribution >= 0.6 is 11.3 Å². The Hall–Kier alpha value is -0.910. The van der Waals surface area contributed by atoms with Crippen LogP contribution in [0, 0.1) is 0 Å². The SMILES string of the molecule is COC(=O)[C@@H](OC)[C@@H](O)c1cccs1. The van der Waals surface area contributed by atoms with E-state index in [4.69, 9.17) is 4.74 Å². The molecule has 0 fully saturated rings. The molecule has 0 bridgehead atoms. The molecular formula is C9H12O4S. The molecule has 0 aliphatic rings. The van der Waals surface area contributed by atoms with Crippen LogP contribution in [0.2, 0.25) is 0 Å². The predicted octanol–water partition coefficient (Wildman–Crippen LogP) is 0.970. The van der Waals surface area contributed by atoms with Gasteiger partial charge in [-0.25, -0.2) is 4.79 Å². The van der Waals surface area contributed by atoms with Gasteiger partial charge in [0.25, 0.3) is 0 Å². The van der Waals surface area contributed by atoms with Crippen molar-refractivity contribution in [1.29, 1.82) is 0 Å². The highest BCUT2D eigenvalue weighted by molar-refractivity contribution is 7.10. The first-order valence-corrected chi connectivity index (χ1v) is 4.90. The summed E-state index contributed by atoms with van der Waals surface area (Å²) >= 11 is 1.36. The van der Waals surface area contributed by atoms with Gasteiger partial charge in [-0.15, -0.1) is 11.3 Å². The average molecular weight is 216 g/mol. The molecule has 1 heterocycles. The third-order valence-corrected chi connectivity index (χ3v) is 2.75. The predicted molar refractivity (Wildman–Crippen MR) is 52.1 cm³/mol. The minimum atomic E-state index is -0.965. The molecule has 0 aromatic carbocycles. The van der Waals surface area contributed by atoms with E-state index >= 15 is 0 Å². The topological polar surface area (TPSA) is 55.8 Å². The van der Waals surface area contributed by atoms with Crippen LogP contribution in [-0.2, 0) is 14.3 Å². The molecule has 78 valence electrons. The van der Waals surface area contributed by atoms with Crippen molar-refractivity contribution in [2.75, 3.05) is 14.2 Å². The standard InChI is InChI=1S/C9H12O4S/c1-12-8(9(11)13-2)7(10)6-4-3-5-14-6/h3-5,7-8,10H,1-2H3/t7-,8-/m0/s1. The number of aliphatic hydroxyl groups is 1. The summed E-state index contributed by atoms with van der Waals surface area (Å²) < 4.78 is 9.37. The monoisotopic (exact) mass is 216 g/mol. The van der Waals surface area contributed by atoms with Crippen molar-refractivity contribution in [2.45, 2.75) is 12.2 Å². The number of rotatable bonds is 4. The number of methoxy groups -OCH3 is 2. The smallest absolute Gasteiger partial charge is 0.338 e. The molecule has 1 aromatic heterocycles. The van der Waals surface area contributed by atoms with E-state index in [1.54, 1.807) is 12.1 Å².